The van der Waals surface area contributed by atoms with Gasteiger partial charge in [-0.3, -0.25) is 14.7 Å². The Morgan fingerprint density at radius 1 is 1.17 bits per heavy atom. The number of hydrogen-bond donors (Lipinski definition) is 5. The van der Waals surface area contributed by atoms with Crippen LogP contribution in [-0.4, -0.2) is 75.4 Å². The molecule has 12 heteroatoms. The molecule has 5 N–H and O–H groups in total. The highest BCUT2D eigenvalue weighted by Crippen LogP contribution is 2.56. The number of rotatable bonds is 8. The van der Waals surface area contributed by atoms with Crippen molar-refractivity contribution < 1.29 is 24.9 Å². The average molecular weight is 655 g/mol. The molecule has 2 bridgehead atoms. The smallest absolute Gasteiger partial charge is 0.244 e. The average Bonchev–Trinajstić information content (AvgIpc) is 3.05. The molecule has 3 aliphatic rings. The number of phenolic OH excluding ortho intramolecular Hbond substituents is 3. The molecule has 1 saturated heterocycles. The first-order chi connectivity index (χ1) is 22.6. The van der Waals surface area contributed by atoms with Crippen LogP contribution in [0.15, 0.2) is 53.2 Å². The highest BCUT2D eigenvalue weighted by molar-refractivity contribution is 8.13. The minimum Gasteiger partial charge on any atom is -0.508 e. The zero-order valence-electron chi connectivity index (χ0n) is 26.9. The highest BCUT2D eigenvalue weighted by atomic mass is 32.2. The number of nitriles is 1. The Labute approximate surface area is 278 Å². The number of aryl methyl sites for hydroxylation is 2. The van der Waals surface area contributed by atoms with Crippen molar-refractivity contribution >= 4 is 35.2 Å². The zero-order valence-corrected chi connectivity index (χ0v) is 27.7. The van der Waals surface area contributed by atoms with Crippen LogP contribution in [0.4, 0.5) is 5.69 Å². The number of nitrogens with one attached hydrogen (secondary N) is 2. The summed E-state index contributed by atoms with van der Waals surface area (Å²) in [5, 5.41) is 47.7. The second-order valence-corrected chi connectivity index (χ2v) is 12.9. The molecule has 11 nitrogen and oxygen atoms in total. The Bertz CT molecular complexity index is 1820. The van der Waals surface area contributed by atoms with Gasteiger partial charge in [-0.15, -0.1) is 0 Å². The molecule has 0 saturated carbocycles. The highest BCUT2D eigenvalue weighted by Gasteiger charge is 2.52. The van der Waals surface area contributed by atoms with E-state index < -0.39 is 24.2 Å². The molecule has 3 aromatic carbocycles. The van der Waals surface area contributed by atoms with E-state index in [0.29, 0.717) is 40.1 Å². The van der Waals surface area contributed by atoms with Crippen molar-refractivity contribution in [3.05, 3.63) is 81.5 Å². The number of fused-ring (bicyclic) bond motifs is 7. The number of para-hydroxylation sites is 1. The van der Waals surface area contributed by atoms with Crippen LogP contribution < -0.4 is 14.8 Å². The molecule has 3 aromatic rings. The molecule has 0 aromatic heterocycles. The maximum atomic E-state index is 13.3. The Kier molecular flexibility index (Phi) is 8.70. The van der Waals surface area contributed by atoms with Gasteiger partial charge in [0.2, 0.25) is 5.91 Å². The minimum absolute atomic E-state index is 0.00205. The lowest BCUT2D eigenvalue weighted by Crippen LogP contribution is -2.62. The molecule has 5 atom stereocenters. The predicted molar refractivity (Wildman–Crippen MR) is 182 cm³/mol. The first-order valence-electron chi connectivity index (χ1n) is 15.4. The van der Waals surface area contributed by atoms with Crippen LogP contribution in [0.1, 0.15) is 52.4 Å². The summed E-state index contributed by atoms with van der Waals surface area (Å²) < 4.78 is 8.72. The van der Waals surface area contributed by atoms with Gasteiger partial charge in [-0.2, -0.15) is 5.26 Å². The van der Waals surface area contributed by atoms with Crippen LogP contribution in [0.5, 0.6) is 23.0 Å². The Balaban J connectivity index is 1.36. The molecule has 0 radical (unpaired) electrons. The monoisotopic (exact) mass is 654 g/mol. The van der Waals surface area contributed by atoms with Gasteiger partial charge in [0.15, 0.2) is 11.5 Å². The van der Waals surface area contributed by atoms with E-state index in [1.807, 2.05) is 55.3 Å². The molecule has 1 amide bonds. The second kappa shape index (κ2) is 12.7. The van der Waals surface area contributed by atoms with Crippen molar-refractivity contribution in [3.8, 4) is 29.1 Å². The molecule has 6 rings (SSSR count). The SMILES string of the molecule is COc1c(C)cc2c(c1O)[C@@H]1C3=Cc4c(O)c(C)cc(O)c4[C@H](CNC(=O)C(C)N=CSNc4ccccc4)N3[C@@H](C#N)[C@H](C2)N1C. The number of carbonyl (C=O) groups excluding carboxylic acids is 1. The lowest BCUT2D eigenvalue weighted by atomic mass is 9.75. The Morgan fingerprint density at radius 2 is 1.91 bits per heavy atom. The summed E-state index contributed by atoms with van der Waals surface area (Å²) in [4.78, 5) is 21.7. The summed E-state index contributed by atoms with van der Waals surface area (Å²) in [7, 11) is 3.45. The molecular weight excluding hydrogens is 616 g/mol. The number of ether oxygens (including phenoxy) is 1. The van der Waals surface area contributed by atoms with Gasteiger partial charge in [0.1, 0.15) is 23.6 Å². The number of carbonyl (C=O) groups is 1. The molecule has 3 heterocycles. The number of nitrogens with zero attached hydrogens (tertiary/aromatic N) is 4. The number of aliphatic imine (C=N–C) groups is 1. The quantitative estimate of drug-likeness (QED) is 0.0979. The molecule has 1 unspecified atom stereocenters. The lowest BCUT2D eigenvalue weighted by Gasteiger charge is -2.57. The number of piperazine rings is 1. The number of benzene rings is 3. The lowest BCUT2D eigenvalue weighted by molar-refractivity contribution is -0.122. The molecule has 0 aliphatic carbocycles. The van der Waals surface area contributed by atoms with Crippen molar-refractivity contribution in [1.82, 2.24) is 15.1 Å². The molecule has 244 valence electrons. The normalized spacial score (nSPS) is 22.0. The summed E-state index contributed by atoms with van der Waals surface area (Å²) in [5.74, 6) is 0.0458. The van der Waals surface area contributed by atoms with Gasteiger partial charge in [-0.25, -0.2) is 0 Å². The topological polar surface area (TPSA) is 154 Å². The molecule has 3 aliphatic heterocycles. The third-order valence-corrected chi connectivity index (χ3v) is 10.0. The van der Waals surface area contributed by atoms with E-state index >= 15 is 0 Å². The van der Waals surface area contributed by atoms with E-state index in [0.717, 1.165) is 16.8 Å². The minimum atomic E-state index is -0.712. The molecular formula is C35H38N6O5S. The largest absolute Gasteiger partial charge is 0.508 e. The van der Waals surface area contributed by atoms with Gasteiger partial charge in [0.05, 0.1) is 30.8 Å². The first-order valence-corrected chi connectivity index (χ1v) is 16.3. The first kappa shape index (κ1) is 32.1. The van der Waals surface area contributed by atoms with Gasteiger partial charge in [0, 0.05) is 40.7 Å². The fraction of sp³-hybridized carbons (Fsp3) is 0.343. The second-order valence-electron chi connectivity index (χ2n) is 12.2. The number of methoxy groups -OCH3 is 1. The summed E-state index contributed by atoms with van der Waals surface area (Å²) in [6.07, 6.45) is 2.29. The number of phenols is 3. The number of amides is 1. The summed E-state index contributed by atoms with van der Waals surface area (Å²) in [6.45, 7) is 5.31. The summed E-state index contributed by atoms with van der Waals surface area (Å²) >= 11 is 1.25. The van der Waals surface area contributed by atoms with Crippen LogP contribution >= 0.6 is 11.9 Å². The summed E-state index contributed by atoms with van der Waals surface area (Å²) in [6, 6.07) is 12.8. The fourth-order valence-electron chi connectivity index (χ4n) is 7.16. The van der Waals surface area contributed by atoms with Gasteiger partial charge < -0.3 is 35.0 Å². The van der Waals surface area contributed by atoms with E-state index in [1.165, 1.54) is 25.1 Å². The van der Waals surface area contributed by atoms with Gasteiger partial charge in [0.25, 0.3) is 0 Å². The standard InChI is InChI=1S/C35H38N6O5S/c1-18-12-28(42)30-23(32(18)43)14-25-31-29-21(11-19(2)34(46-5)33(29)44)13-24(40(31)4)26(15-36)41(25)27(30)16-37-35(45)20(3)38-17-47-39-22-9-7-6-8-10-22/h6-12,14,17,20,24,26-27,31,39,42-44H,13,16H2,1-5H3,(H,37,45)/t20?,24-,26-,27-,31-/m0/s1. The van der Waals surface area contributed by atoms with Gasteiger partial charge in [-0.1, -0.05) is 24.3 Å². The van der Waals surface area contributed by atoms with Crippen LogP contribution in [0.25, 0.3) is 6.08 Å². The van der Waals surface area contributed by atoms with E-state index in [4.69, 9.17) is 4.74 Å². The third kappa shape index (κ3) is 5.49. The van der Waals surface area contributed by atoms with Crippen LogP contribution in [0, 0.1) is 25.2 Å². The predicted octanol–water partition coefficient (Wildman–Crippen LogP) is 4.92. The Hall–Kier alpha value is -4.86. The molecule has 47 heavy (non-hydrogen) atoms. The zero-order chi connectivity index (χ0) is 33.6. The number of anilines is 1. The van der Waals surface area contributed by atoms with Gasteiger partial charge >= 0.3 is 0 Å². The van der Waals surface area contributed by atoms with Crippen molar-refractivity contribution in [3.63, 3.8) is 0 Å². The summed E-state index contributed by atoms with van der Waals surface area (Å²) in [5.41, 5.74) is 6.87. The van der Waals surface area contributed by atoms with Crippen molar-refractivity contribution in [2.24, 2.45) is 4.99 Å². The molecule has 1 fully saturated rings. The maximum Gasteiger partial charge on any atom is 0.244 e. The molecule has 0 spiro atoms. The maximum absolute atomic E-state index is 13.3. The van der Waals surface area contributed by atoms with Crippen LogP contribution in [-0.2, 0) is 11.2 Å². The van der Waals surface area contributed by atoms with Crippen LogP contribution in [0.3, 0.4) is 0 Å². The van der Waals surface area contributed by atoms with Crippen LogP contribution in [0.2, 0.25) is 0 Å². The van der Waals surface area contributed by atoms with E-state index in [9.17, 15) is 25.4 Å². The number of aromatic hydroxyl groups is 3. The van der Waals surface area contributed by atoms with Crippen molar-refractivity contribution in [1.29, 1.82) is 5.26 Å². The fourth-order valence-corrected chi connectivity index (χ4v) is 7.73. The van der Waals surface area contributed by atoms with E-state index in [-0.39, 0.29) is 35.7 Å². The number of likely N-dealkylation sites (N-methyl/N-ethyl adjacent to an activating group) is 1. The van der Waals surface area contributed by atoms with Crippen molar-refractivity contribution in [2.45, 2.75) is 57.4 Å². The number of hydrogen-bond acceptors (Lipinski definition) is 11. The van der Waals surface area contributed by atoms with E-state index in [1.54, 1.807) is 25.5 Å². The third-order valence-electron chi connectivity index (χ3n) is 9.42. The van der Waals surface area contributed by atoms with E-state index in [2.05, 4.69) is 26.0 Å². The Morgan fingerprint density at radius 3 is 2.62 bits per heavy atom. The van der Waals surface area contributed by atoms with Gasteiger partial charge in [-0.05, 0) is 87.2 Å². The van der Waals surface area contributed by atoms with Crippen molar-refractivity contribution in [2.75, 3.05) is 25.4 Å².